The van der Waals surface area contributed by atoms with Gasteiger partial charge >= 0.3 is 0 Å². The van der Waals surface area contributed by atoms with Gasteiger partial charge in [0.2, 0.25) is 0 Å². The molecule has 0 spiro atoms. The summed E-state index contributed by atoms with van der Waals surface area (Å²) in [5.74, 6) is 0.766. The van der Waals surface area contributed by atoms with Crippen molar-refractivity contribution in [2.24, 2.45) is 0 Å². The molecule has 0 saturated carbocycles. The Morgan fingerprint density at radius 1 is 1.28 bits per heavy atom. The minimum absolute atomic E-state index is 0.584. The fourth-order valence-corrected chi connectivity index (χ4v) is 2.09. The molecule has 0 fully saturated rings. The minimum Gasteiger partial charge on any atom is -0.397 e. The molecule has 0 amide bonds. The normalized spacial score (nSPS) is 10.3. The van der Waals surface area contributed by atoms with Crippen LogP contribution >= 0.6 is 11.6 Å². The van der Waals surface area contributed by atoms with E-state index in [0.29, 0.717) is 10.7 Å². The van der Waals surface area contributed by atoms with Crippen molar-refractivity contribution in [3.8, 4) is 0 Å². The van der Waals surface area contributed by atoms with Gasteiger partial charge in [0.05, 0.1) is 16.9 Å². The van der Waals surface area contributed by atoms with E-state index in [0.717, 1.165) is 18.8 Å². The molecule has 2 aromatic rings. The van der Waals surface area contributed by atoms with Gasteiger partial charge in [-0.05, 0) is 18.1 Å². The topological polar surface area (TPSA) is 42.2 Å². The number of aromatic nitrogens is 1. The minimum atomic E-state index is 0.584. The fraction of sp³-hybridized carbons (Fsp3) is 0.214. The lowest BCUT2D eigenvalue weighted by molar-refractivity contribution is 0.860. The van der Waals surface area contributed by atoms with Gasteiger partial charge in [0.25, 0.3) is 0 Å². The number of nitrogen functional groups attached to an aromatic ring is 1. The van der Waals surface area contributed by atoms with E-state index in [-0.39, 0.29) is 0 Å². The first-order valence-electron chi connectivity index (χ1n) is 5.83. The van der Waals surface area contributed by atoms with Gasteiger partial charge in [-0.2, -0.15) is 0 Å². The molecule has 0 radical (unpaired) electrons. The average molecular weight is 262 g/mol. The molecule has 0 saturated heterocycles. The van der Waals surface area contributed by atoms with Crippen molar-refractivity contribution in [1.29, 1.82) is 0 Å². The van der Waals surface area contributed by atoms with E-state index < -0.39 is 0 Å². The number of likely N-dealkylation sites (N-methyl/N-ethyl adjacent to an activating group) is 1. The lowest BCUT2D eigenvalue weighted by Crippen LogP contribution is -2.21. The standard InChI is InChI=1S/C14H16ClN3/c1-18(8-7-11-5-3-2-4-6-11)14-13(15)9-12(16)10-17-14/h2-6,9-10H,7-8,16H2,1H3. The average Bonchev–Trinajstić information content (AvgIpc) is 2.37. The molecule has 1 aromatic carbocycles. The van der Waals surface area contributed by atoms with E-state index >= 15 is 0 Å². The van der Waals surface area contributed by atoms with E-state index in [4.69, 9.17) is 17.3 Å². The van der Waals surface area contributed by atoms with Crippen molar-refractivity contribution in [1.82, 2.24) is 4.98 Å². The molecule has 0 aliphatic carbocycles. The van der Waals surface area contributed by atoms with Crippen LogP contribution in [0.15, 0.2) is 42.6 Å². The molecule has 0 atom stereocenters. The lowest BCUT2D eigenvalue weighted by Gasteiger charge is -2.19. The van der Waals surface area contributed by atoms with Crippen molar-refractivity contribution in [3.63, 3.8) is 0 Å². The highest BCUT2D eigenvalue weighted by molar-refractivity contribution is 6.33. The van der Waals surface area contributed by atoms with E-state index in [2.05, 4.69) is 17.1 Å². The van der Waals surface area contributed by atoms with Gasteiger partial charge in [0, 0.05) is 13.6 Å². The highest BCUT2D eigenvalue weighted by Crippen LogP contribution is 2.24. The Bertz CT molecular complexity index is 514. The Morgan fingerprint density at radius 3 is 2.67 bits per heavy atom. The number of halogens is 1. The monoisotopic (exact) mass is 261 g/mol. The van der Waals surface area contributed by atoms with Crippen LogP contribution in [0.1, 0.15) is 5.56 Å². The molecule has 4 heteroatoms. The van der Waals surface area contributed by atoms with Gasteiger partial charge in [-0.3, -0.25) is 0 Å². The van der Waals surface area contributed by atoms with Gasteiger partial charge in [-0.25, -0.2) is 4.98 Å². The second kappa shape index (κ2) is 5.74. The van der Waals surface area contributed by atoms with Crippen LogP contribution in [0.2, 0.25) is 5.02 Å². The van der Waals surface area contributed by atoms with Gasteiger partial charge < -0.3 is 10.6 Å². The third-order valence-corrected chi connectivity index (χ3v) is 3.06. The summed E-state index contributed by atoms with van der Waals surface area (Å²) >= 11 is 6.12. The number of hydrogen-bond acceptors (Lipinski definition) is 3. The van der Waals surface area contributed by atoms with Crippen LogP contribution in [-0.4, -0.2) is 18.6 Å². The van der Waals surface area contributed by atoms with Crippen molar-refractivity contribution in [2.75, 3.05) is 24.2 Å². The highest BCUT2D eigenvalue weighted by atomic mass is 35.5. The Balaban J connectivity index is 2.01. The zero-order chi connectivity index (χ0) is 13.0. The molecular weight excluding hydrogens is 246 g/mol. The number of anilines is 2. The van der Waals surface area contributed by atoms with Gasteiger partial charge in [-0.15, -0.1) is 0 Å². The number of hydrogen-bond donors (Lipinski definition) is 1. The summed E-state index contributed by atoms with van der Waals surface area (Å²) in [7, 11) is 1.98. The summed E-state index contributed by atoms with van der Waals surface area (Å²) in [4.78, 5) is 6.30. The summed E-state index contributed by atoms with van der Waals surface area (Å²) in [5, 5.41) is 0.588. The summed E-state index contributed by atoms with van der Waals surface area (Å²) in [5.41, 5.74) is 7.51. The molecular formula is C14H16ClN3. The van der Waals surface area contributed by atoms with Crippen LogP contribution in [0.5, 0.6) is 0 Å². The molecule has 0 aliphatic heterocycles. The van der Waals surface area contributed by atoms with E-state index in [9.17, 15) is 0 Å². The summed E-state index contributed by atoms with van der Waals surface area (Å²) in [6.07, 6.45) is 2.58. The molecule has 18 heavy (non-hydrogen) atoms. The molecule has 0 aliphatic rings. The SMILES string of the molecule is CN(CCc1ccccc1)c1ncc(N)cc1Cl. The second-order valence-electron chi connectivity index (χ2n) is 4.23. The van der Waals surface area contributed by atoms with Crippen LogP contribution in [0, 0.1) is 0 Å². The molecule has 2 N–H and O–H groups in total. The van der Waals surface area contributed by atoms with E-state index in [1.165, 1.54) is 5.56 Å². The Hall–Kier alpha value is -1.74. The van der Waals surface area contributed by atoms with Gasteiger partial charge in [0.1, 0.15) is 5.82 Å². The zero-order valence-corrected chi connectivity index (χ0v) is 11.1. The maximum atomic E-state index is 6.12. The predicted octanol–water partition coefficient (Wildman–Crippen LogP) is 3.00. The second-order valence-corrected chi connectivity index (χ2v) is 4.64. The predicted molar refractivity (Wildman–Crippen MR) is 77.1 cm³/mol. The van der Waals surface area contributed by atoms with Crippen LogP contribution < -0.4 is 10.6 Å². The maximum Gasteiger partial charge on any atom is 0.147 e. The first-order valence-corrected chi connectivity index (χ1v) is 6.20. The first-order chi connectivity index (χ1) is 8.66. The molecule has 1 heterocycles. The lowest BCUT2D eigenvalue weighted by atomic mass is 10.1. The Labute approximate surface area is 112 Å². The molecule has 1 aromatic heterocycles. The Kier molecular flexibility index (Phi) is 4.05. The third-order valence-electron chi connectivity index (χ3n) is 2.78. The van der Waals surface area contributed by atoms with Gasteiger partial charge in [0.15, 0.2) is 0 Å². The zero-order valence-electron chi connectivity index (χ0n) is 10.3. The maximum absolute atomic E-state index is 6.12. The van der Waals surface area contributed by atoms with Crippen molar-refractivity contribution in [2.45, 2.75) is 6.42 Å². The molecule has 94 valence electrons. The van der Waals surface area contributed by atoms with Gasteiger partial charge in [-0.1, -0.05) is 41.9 Å². The molecule has 0 bridgehead atoms. The number of nitrogens with zero attached hydrogens (tertiary/aromatic N) is 2. The fourth-order valence-electron chi connectivity index (χ4n) is 1.77. The van der Waals surface area contributed by atoms with Crippen LogP contribution in [0.3, 0.4) is 0 Å². The summed E-state index contributed by atoms with van der Waals surface area (Å²) in [6.45, 7) is 0.862. The largest absolute Gasteiger partial charge is 0.397 e. The number of nitrogens with two attached hydrogens (primary N) is 1. The smallest absolute Gasteiger partial charge is 0.147 e. The Morgan fingerprint density at radius 2 is 2.00 bits per heavy atom. The number of benzene rings is 1. The quantitative estimate of drug-likeness (QED) is 0.920. The summed E-state index contributed by atoms with van der Waals surface area (Å²) < 4.78 is 0. The van der Waals surface area contributed by atoms with E-state index in [1.54, 1.807) is 12.3 Å². The number of pyridine rings is 1. The molecule has 3 nitrogen and oxygen atoms in total. The van der Waals surface area contributed by atoms with Crippen molar-refractivity contribution in [3.05, 3.63) is 53.2 Å². The number of rotatable bonds is 4. The van der Waals surface area contributed by atoms with Crippen molar-refractivity contribution < 1.29 is 0 Å². The van der Waals surface area contributed by atoms with E-state index in [1.807, 2.05) is 30.1 Å². The third kappa shape index (κ3) is 3.14. The van der Waals surface area contributed by atoms with Crippen LogP contribution in [-0.2, 0) is 6.42 Å². The van der Waals surface area contributed by atoms with Crippen LogP contribution in [0.25, 0.3) is 0 Å². The molecule has 2 rings (SSSR count). The van der Waals surface area contributed by atoms with Crippen LogP contribution in [0.4, 0.5) is 11.5 Å². The van der Waals surface area contributed by atoms with Crippen molar-refractivity contribution >= 4 is 23.1 Å². The summed E-state index contributed by atoms with van der Waals surface area (Å²) in [6, 6.07) is 12.1. The first kappa shape index (κ1) is 12.7. The molecule has 0 unspecified atom stereocenters. The highest BCUT2D eigenvalue weighted by Gasteiger charge is 2.07.